The second kappa shape index (κ2) is 13.9. The number of aromatic nitrogens is 1. The summed E-state index contributed by atoms with van der Waals surface area (Å²) in [5.74, 6) is -1.51. The van der Waals surface area contributed by atoms with Gasteiger partial charge < -0.3 is 30.8 Å². The first-order valence-corrected chi connectivity index (χ1v) is 12.9. The summed E-state index contributed by atoms with van der Waals surface area (Å²) in [5.41, 5.74) is 8.28. The number of aromatic amines is 1. The Labute approximate surface area is 236 Å². The third-order valence-corrected chi connectivity index (χ3v) is 6.21. The van der Waals surface area contributed by atoms with Gasteiger partial charge in [0.15, 0.2) is 5.84 Å². The number of nitrogens with zero attached hydrogens (tertiary/aromatic N) is 3. The maximum Gasteiger partial charge on any atom is 0.419 e. The molecule has 3 rings (SSSR count). The van der Waals surface area contributed by atoms with Crippen LogP contribution < -0.4 is 16.4 Å². The Bertz CT molecular complexity index is 1380. The summed E-state index contributed by atoms with van der Waals surface area (Å²) in [6.07, 6.45) is 3.06. The van der Waals surface area contributed by atoms with E-state index in [-0.39, 0.29) is 23.3 Å². The molecule has 1 saturated carbocycles. The molecule has 0 spiro atoms. The van der Waals surface area contributed by atoms with Gasteiger partial charge in [-0.05, 0) is 63.8 Å². The molecule has 1 aromatic carbocycles. The maximum absolute atomic E-state index is 13.5. The highest BCUT2D eigenvalue weighted by molar-refractivity contribution is 6.09. The van der Waals surface area contributed by atoms with E-state index < -0.39 is 30.8 Å². The lowest BCUT2D eigenvalue weighted by Gasteiger charge is -2.20. The van der Waals surface area contributed by atoms with Crippen molar-refractivity contribution in [3.63, 3.8) is 0 Å². The van der Waals surface area contributed by atoms with Gasteiger partial charge in [-0.1, -0.05) is 6.07 Å². The molecule has 1 aromatic heterocycles. The van der Waals surface area contributed by atoms with Crippen LogP contribution in [0, 0.1) is 13.8 Å². The summed E-state index contributed by atoms with van der Waals surface area (Å²) >= 11 is 0. The number of carbonyl (C=O) groups is 5. The fourth-order valence-corrected chi connectivity index (χ4v) is 3.78. The van der Waals surface area contributed by atoms with Gasteiger partial charge in [0.1, 0.15) is 6.04 Å². The number of amides is 4. The highest BCUT2D eigenvalue weighted by Crippen LogP contribution is 2.30. The van der Waals surface area contributed by atoms with Crippen molar-refractivity contribution in [1.29, 1.82) is 0 Å². The van der Waals surface area contributed by atoms with Crippen molar-refractivity contribution >= 4 is 48.1 Å². The van der Waals surface area contributed by atoms with Crippen LogP contribution in [0.25, 0.3) is 0 Å². The lowest BCUT2D eigenvalue weighted by atomic mass is 10.1. The number of hydrogen-bond donors (Lipinski definition) is 4. The van der Waals surface area contributed by atoms with Crippen LogP contribution in [0.5, 0.6) is 0 Å². The van der Waals surface area contributed by atoms with Crippen LogP contribution in [-0.4, -0.2) is 77.8 Å². The average Bonchev–Trinajstić information content (AvgIpc) is 3.69. The molecule has 0 bridgehead atoms. The van der Waals surface area contributed by atoms with E-state index in [9.17, 15) is 24.0 Å². The van der Waals surface area contributed by atoms with Crippen LogP contribution in [0.15, 0.2) is 34.4 Å². The second-order valence-electron chi connectivity index (χ2n) is 9.18. The van der Waals surface area contributed by atoms with Crippen LogP contribution in [0.2, 0.25) is 0 Å². The molecule has 1 heterocycles. The van der Waals surface area contributed by atoms with E-state index in [2.05, 4.69) is 25.6 Å². The number of rotatable bonds is 11. The quantitative estimate of drug-likeness (QED) is 0.104. The summed E-state index contributed by atoms with van der Waals surface area (Å²) in [6, 6.07) is 3.79. The van der Waals surface area contributed by atoms with Crippen molar-refractivity contribution in [3.8, 4) is 0 Å². The average molecular weight is 568 g/mol. The normalized spacial score (nSPS) is 13.8. The van der Waals surface area contributed by atoms with Gasteiger partial charge in [0.05, 0.1) is 23.3 Å². The number of hydrogen-bond acceptors (Lipinski definition) is 8. The Morgan fingerprint density at radius 2 is 1.95 bits per heavy atom. The zero-order valence-electron chi connectivity index (χ0n) is 23.2. The fraction of sp³-hybridized carbons (Fsp3) is 0.370. The molecule has 0 saturated heterocycles. The Balaban J connectivity index is 1.84. The minimum absolute atomic E-state index is 0.158. The van der Waals surface area contributed by atoms with Gasteiger partial charge in [0, 0.05) is 24.3 Å². The predicted molar refractivity (Wildman–Crippen MR) is 149 cm³/mol. The number of nitrogens with two attached hydrogens (primary N) is 1. The van der Waals surface area contributed by atoms with E-state index in [0.717, 1.165) is 16.8 Å². The number of esters is 1. The van der Waals surface area contributed by atoms with Crippen LogP contribution in [0.1, 0.15) is 64.2 Å². The third-order valence-electron chi connectivity index (χ3n) is 6.21. The molecule has 1 unspecified atom stereocenters. The van der Waals surface area contributed by atoms with Crippen molar-refractivity contribution in [2.45, 2.75) is 52.6 Å². The van der Waals surface area contributed by atoms with Crippen molar-refractivity contribution in [2.75, 3.05) is 13.3 Å². The van der Waals surface area contributed by atoms with Gasteiger partial charge in [-0.3, -0.25) is 14.4 Å². The monoisotopic (exact) mass is 567 g/mol. The number of imide groups is 1. The summed E-state index contributed by atoms with van der Waals surface area (Å²) in [6.45, 7) is 6.46. The summed E-state index contributed by atoms with van der Waals surface area (Å²) in [5, 5.41) is 4.97. The van der Waals surface area contributed by atoms with E-state index in [0.29, 0.717) is 48.3 Å². The zero-order chi connectivity index (χ0) is 30.1. The molecule has 0 radical (unpaired) electrons. The van der Waals surface area contributed by atoms with Crippen LogP contribution in [0.4, 0.5) is 10.5 Å². The van der Waals surface area contributed by atoms with E-state index >= 15 is 0 Å². The highest BCUT2D eigenvalue weighted by Gasteiger charge is 2.40. The largest absolute Gasteiger partial charge is 0.426 e. The molecule has 1 aliphatic rings. The number of H-pyrrole nitrogens is 1. The molecule has 14 nitrogen and oxygen atoms in total. The van der Waals surface area contributed by atoms with Crippen molar-refractivity contribution in [1.82, 2.24) is 20.5 Å². The smallest absolute Gasteiger partial charge is 0.419 e. The SMILES string of the molecule is CCNC(=O)c1ccc(C)c(N=C(N=CN)c2[nH]cc(C(=O)N(C(=O)OCOC(=O)C(C)NC=O)C3CC3)c2C)c1. The van der Waals surface area contributed by atoms with Crippen LogP contribution in [0.3, 0.4) is 0 Å². The van der Waals surface area contributed by atoms with Gasteiger partial charge in [0.2, 0.25) is 13.2 Å². The number of amidine groups is 1. The first-order valence-electron chi connectivity index (χ1n) is 12.9. The van der Waals surface area contributed by atoms with Crippen molar-refractivity contribution < 1.29 is 33.4 Å². The van der Waals surface area contributed by atoms with Crippen molar-refractivity contribution in [2.24, 2.45) is 15.7 Å². The van der Waals surface area contributed by atoms with E-state index in [1.165, 1.54) is 13.1 Å². The number of aliphatic imine (C=N–C) groups is 2. The molecule has 0 aliphatic heterocycles. The van der Waals surface area contributed by atoms with E-state index in [1.807, 2.05) is 13.8 Å². The lowest BCUT2D eigenvalue weighted by molar-refractivity contribution is -0.154. The van der Waals surface area contributed by atoms with Gasteiger partial charge in [0.25, 0.3) is 11.8 Å². The zero-order valence-corrected chi connectivity index (χ0v) is 23.2. The topological polar surface area (TPSA) is 198 Å². The molecule has 5 N–H and O–H groups in total. The maximum atomic E-state index is 13.5. The molecule has 1 aliphatic carbocycles. The summed E-state index contributed by atoms with van der Waals surface area (Å²) in [7, 11) is 0. The van der Waals surface area contributed by atoms with Crippen LogP contribution >= 0.6 is 0 Å². The molecule has 218 valence electrons. The number of benzene rings is 1. The molecule has 4 amide bonds. The molecule has 2 aromatic rings. The molecule has 41 heavy (non-hydrogen) atoms. The molecule has 1 atom stereocenters. The number of ether oxygens (including phenoxy) is 2. The Kier molecular flexibility index (Phi) is 10.3. The Hall–Kier alpha value is -5.01. The first kappa shape index (κ1) is 30.5. The molecular weight excluding hydrogens is 534 g/mol. The van der Waals surface area contributed by atoms with Gasteiger partial charge in [-0.15, -0.1) is 0 Å². The fourth-order valence-electron chi connectivity index (χ4n) is 3.78. The van der Waals surface area contributed by atoms with Crippen LogP contribution in [-0.2, 0) is 19.1 Å². The Morgan fingerprint density at radius 1 is 1.22 bits per heavy atom. The number of aryl methyl sites for hydroxylation is 1. The minimum atomic E-state index is -0.977. The molecule has 1 fully saturated rings. The molecular formula is C27H33N7O7. The van der Waals surface area contributed by atoms with E-state index in [1.54, 1.807) is 25.1 Å². The third kappa shape index (κ3) is 7.56. The highest BCUT2D eigenvalue weighted by atomic mass is 16.7. The van der Waals surface area contributed by atoms with Gasteiger partial charge in [-0.25, -0.2) is 24.5 Å². The first-order chi connectivity index (χ1) is 19.6. The van der Waals surface area contributed by atoms with Crippen molar-refractivity contribution in [3.05, 3.63) is 52.3 Å². The van der Waals surface area contributed by atoms with Gasteiger partial charge >= 0.3 is 12.1 Å². The summed E-state index contributed by atoms with van der Waals surface area (Å²) in [4.78, 5) is 73.6. The standard InChI is InChI=1S/C27H33N7O7/c1-5-29-24(36)18-7-6-15(2)21(10-18)33-23(31-12-28)22-16(3)20(11-30-22)25(37)34(19-8-9-19)27(39)41-14-40-26(38)17(4)32-13-35/h6-7,10-13,17,19,30H,5,8-9,14H2,1-4H3,(H,29,36)(H,32,35)(H2,28,31,33). The van der Waals surface area contributed by atoms with Gasteiger partial charge in [-0.2, -0.15) is 0 Å². The van der Waals surface area contributed by atoms with E-state index in [4.69, 9.17) is 15.2 Å². The lowest BCUT2D eigenvalue weighted by Crippen LogP contribution is -2.40. The minimum Gasteiger partial charge on any atom is -0.426 e. The Morgan fingerprint density at radius 3 is 2.59 bits per heavy atom. The molecule has 14 heteroatoms. The predicted octanol–water partition coefficient (Wildman–Crippen LogP) is 1.82. The number of carbonyl (C=O) groups excluding carboxylic acids is 5. The second-order valence-corrected chi connectivity index (χ2v) is 9.18. The number of nitrogens with one attached hydrogen (secondary N) is 3. The summed E-state index contributed by atoms with van der Waals surface area (Å²) < 4.78 is 9.86.